The Kier molecular flexibility index (Phi) is 16.3. The highest BCUT2D eigenvalue weighted by molar-refractivity contribution is 6.00. The molecule has 1 amide bonds. The molecule has 4 rings (SSSR count). The Morgan fingerprint density at radius 2 is 1.79 bits per heavy atom. The van der Waals surface area contributed by atoms with E-state index in [1.807, 2.05) is 32.8 Å². The van der Waals surface area contributed by atoms with E-state index in [1.54, 1.807) is 45.0 Å². The molecular weight excluding hydrogens is 754 g/mol. The number of ether oxygens (including phenoxy) is 6. The number of nitrogens with zero attached hydrogens (tertiary/aromatic N) is 3. The molecule has 0 aliphatic carbocycles. The Bertz CT molecular complexity index is 1680. The number of hydrogen-bond donors (Lipinski definition) is 2. The van der Waals surface area contributed by atoms with Gasteiger partial charge in [-0.15, -0.1) is 0 Å². The third-order valence-corrected chi connectivity index (χ3v) is 11.5. The van der Waals surface area contributed by atoms with Gasteiger partial charge in [-0.25, -0.2) is 9.79 Å². The van der Waals surface area contributed by atoms with E-state index in [1.165, 1.54) is 27.9 Å². The van der Waals surface area contributed by atoms with Crippen molar-refractivity contribution in [3.8, 4) is 0 Å². The standard InChI is InChI=1S/C42H63N3O13/c1-12-33-42(8,51)34-18-31(43-27(6)46)23(2)19-41(7,54-22-30(21-53-34)44-55-20-28-14-13-15-29(17-28)39(50)52-11)37(25(4)35(47)26(5)38(49)57-33)58-40-36(48)32(45(9)10)16-24(3)56-40/h13-15,17,23-26,32-34,36-37,40,48,51H,12,16,18-22H2,1-11H3/b43-31?,44-30-/t23-,24-,25+,26-,32+,33-,34-,36-,37-,40+,41-,42-/m1/s1. The van der Waals surface area contributed by atoms with Gasteiger partial charge in [-0.2, -0.15) is 0 Å². The first kappa shape index (κ1) is 47.0. The van der Waals surface area contributed by atoms with Crippen molar-refractivity contribution in [2.75, 3.05) is 34.4 Å². The largest absolute Gasteiger partial charge is 0.465 e. The summed E-state index contributed by atoms with van der Waals surface area (Å²) in [4.78, 5) is 65.1. The number of Topliss-reactive ketones (excluding diaryl/α,β-unsaturated/α-hetero) is 1. The second kappa shape index (κ2) is 20.1. The van der Waals surface area contributed by atoms with Crippen LogP contribution in [0.15, 0.2) is 34.4 Å². The van der Waals surface area contributed by atoms with Gasteiger partial charge in [-0.05, 0) is 84.7 Å². The van der Waals surface area contributed by atoms with Gasteiger partial charge in [0.25, 0.3) is 0 Å². The number of amides is 1. The highest BCUT2D eigenvalue weighted by Crippen LogP contribution is 2.39. The zero-order valence-corrected chi connectivity index (χ0v) is 35.8. The number of hydrogen-bond acceptors (Lipinski definition) is 15. The van der Waals surface area contributed by atoms with Crippen LogP contribution in [0.2, 0.25) is 0 Å². The van der Waals surface area contributed by atoms with E-state index < -0.39 is 83.3 Å². The Balaban J connectivity index is 1.89. The van der Waals surface area contributed by atoms with E-state index in [0.29, 0.717) is 23.3 Å². The zero-order chi connectivity index (χ0) is 43.1. The van der Waals surface area contributed by atoms with Crippen molar-refractivity contribution in [1.82, 2.24) is 4.90 Å². The van der Waals surface area contributed by atoms with Gasteiger partial charge in [0.2, 0.25) is 5.91 Å². The maximum Gasteiger partial charge on any atom is 0.337 e. The van der Waals surface area contributed by atoms with E-state index in [9.17, 15) is 29.4 Å². The normalized spacial score (nSPS) is 37.1. The van der Waals surface area contributed by atoms with Gasteiger partial charge in [-0.3, -0.25) is 14.4 Å². The van der Waals surface area contributed by atoms with Crippen molar-refractivity contribution in [2.24, 2.45) is 27.9 Å². The summed E-state index contributed by atoms with van der Waals surface area (Å²) in [6.45, 7) is 12.6. The molecule has 0 aromatic heterocycles. The molecule has 3 aliphatic heterocycles. The molecule has 12 atom stereocenters. The number of rotatable bonds is 8. The van der Waals surface area contributed by atoms with Crippen LogP contribution in [0.1, 0.15) is 97.0 Å². The number of aliphatic hydroxyl groups excluding tert-OH is 1. The average molecular weight is 818 g/mol. The first-order valence-electron chi connectivity index (χ1n) is 20.0. The van der Waals surface area contributed by atoms with E-state index in [4.69, 9.17) is 33.3 Å². The molecule has 2 bridgehead atoms. The Hall–Kier alpha value is -3.64. The molecule has 1 aromatic carbocycles. The number of fused-ring (bicyclic) bond motifs is 5. The van der Waals surface area contributed by atoms with Crippen LogP contribution in [0.4, 0.5) is 0 Å². The molecule has 0 radical (unpaired) electrons. The van der Waals surface area contributed by atoms with Crippen molar-refractivity contribution < 1.29 is 62.6 Å². The second-order valence-electron chi connectivity index (χ2n) is 16.6. The van der Waals surface area contributed by atoms with Crippen LogP contribution in [-0.4, -0.2) is 139 Å². The third kappa shape index (κ3) is 11.3. The number of cyclic esters (lactones) is 1. The fourth-order valence-corrected chi connectivity index (χ4v) is 8.12. The molecule has 16 nitrogen and oxygen atoms in total. The van der Waals surface area contributed by atoms with E-state index in [2.05, 4.69) is 10.1 Å². The average Bonchev–Trinajstić information content (AvgIpc) is 3.19. The molecule has 3 heterocycles. The number of esters is 2. The predicted octanol–water partition coefficient (Wildman–Crippen LogP) is 3.66. The van der Waals surface area contributed by atoms with Gasteiger partial charge in [0.15, 0.2) is 12.1 Å². The van der Waals surface area contributed by atoms with Crippen LogP contribution in [0.5, 0.6) is 0 Å². The van der Waals surface area contributed by atoms with E-state index in [-0.39, 0.29) is 56.9 Å². The van der Waals surface area contributed by atoms with E-state index >= 15 is 0 Å². The van der Waals surface area contributed by atoms with Crippen LogP contribution < -0.4 is 0 Å². The van der Waals surface area contributed by atoms with Crippen LogP contribution in [0.25, 0.3) is 0 Å². The highest BCUT2D eigenvalue weighted by Gasteiger charge is 2.51. The van der Waals surface area contributed by atoms with Crippen molar-refractivity contribution in [1.29, 1.82) is 0 Å². The summed E-state index contributed by atoms with van der Waals surface area (Å²) in [5.74, 6) is -5.18. The minimum absolute atomic E-state index is 0.0373. The lowest BCUT2D eigenvalue weighted by Crippen LogP contribution is -2.59. The van der Waals surface area contributed by atoms with Gasteiger partial charge in [-0.1, -0.05) is 38.1 Å². The molecule has 1 aromatic rings. The number of likely N-dealkylation sites (N-methyl/N-ethyl adjacent to an activating group) is 1. The fourth-order valence-electron chi connectivity index (χ4n) is 8.12. The Morgan fingerprint density at radius 1 is 1.09 bits per heavy atom. The first-order valence-corrected chi connectivity index (χ1v) is 20.0. The predicted molar refractivity (Wildman–Crippen MR) is 212 cm³/mol. The van der Waals surface area contributed by atoms with Crippen molar-refractivity contribution in [3.05, 3.63) is 35.4 Å². The smallest absolute Gasteiger partial charge is 0.337 e. The minimum atomic E-state index is -1.85. The number of ketones is 1. The van der Waals surface area contributed by atoms with Gasteiger partial charge in [0, 0.05) is 31.0 Å². The van der Waals surface area contributed by atoms with Crippen LogP contribution in [-0.2, 0) is 54.2 Å². The van der Waals surface area contributed by atoms with Gasteiger partial charge < -0.3 is 48.4 Å². The second-order valence-corrected chi connectivity index (χ2v) is 16.6. The molecule has 0 saturated carbocycles. The SMILES string of the molecule is CC[C@H]1OC(=O)[C@H](C)C(=O)[C@H](C)[C@@H](O[C@@H]2O[C@H](C)C[C@H](N(C)C)[C@H]2O)[C@@]2(C)C[C@@H](C)C(=NC(C)=O)C[C@@H](OC/C(=N/OCc3cccc(C(=O)OC)c3)CO2)[C@]1(C)O. The van der Waals surface area contributed by atoms with Crippen molar-refractivity contribution in [3.63, 3.8) is 0 Å². The minimum Gasteiger partial charge on any atom is -0.465 e. The summed E-state index contributed by atoms with van der Waals surface area (Å²) in [6, 6.07) is 6.36. The maximum absolute atomic E-state index is 14.4. The monoisotopic (exact) mass is 817 g/mol. The molecule has 0 unspecified atom stereocenters. The molecular formula is C42H63N3O13. The lowest BCUT2D eigenvalue weighted by Gasteiger charge is -2.47. The zero-order valence-electron chi connectivity index (χ0n) is 35.8. The van der Waals surface area contributed by atoms with Crippen LogP contribution in [0.3, 0.4) is 0 Å². The quantitative estimate of drug-likeness (QED) is 0.219. The summed E-state index contributed by atoms with van der Waals surface area (Å²) >= 11 is 0. The summed E-state index contributed by atoms with van der Waals surface area (Å²) < 4.78 is 36.9. The number of aliphatic hydroxyl groups is 2. The van der Waals surface area contributed by atoms with Gasteiger partial charge in [0.1, 0.15) is 36.0 Å². The number of benzene rings is 1. The topological polar surface area (TPSA) is 201 Å². The molecule has 58 heavy (non-hydrogen) atoms. The number of oxime groups is 1. The van der Waals surface area contributed by atoms with Gasteiger partial charge >= 0.3 is 11.9 Å². The number of carbonyl (C=O) groups excluding carboxylic acids is 4. The number of methoxy groups -OCH3 is 1. The van der Waals surface area contributed by atoms with Gasteiger partial charge in [0.05, 0.1) is 49.8 Å². The van der Waals surface area contributed by atoms with Crippen LogP contribution in [0, 0.1) is 17.8 Å². The number of aliphatic imine (C=N–C) groups is 1. The highest BCUT2D eigenvalue weighted by atomic mass is 16.7. The Morgan fingerprint density at radius 3 is 2.43 bits per heavy atom. The fraction of sp³-hybridized carbons (Fsp3) is 0.714. The molecule has 3 aliphatic rings. The summed E-state index contributed by atoms with van der Waals surface area (Å²) in [6.07, 6.45) is -5.26. The summed E-state index contributed by atoms with van der Waals surface area (Å²) in [5, 5.41) is 28.2. The summed E-state index contributed by atoms with van der Waals surface area (Å²) in [5.41, 5.74) is -1.67. The first-order chi connectivity index (χ1) is 27.2. The molecule has 3 fully saturated rings. The molecule has 324 valence electrons. The molecule has 3 saturated heterocycles. The van der Waals surface area contributed by atoms with Crippen molar-refractivity contribution >= 4 is 35.1 Å². The summed E-state index contributed by atoms with van der Waals surface area (Å²) in [7, 11) is 5.00. The molecule has 2 N–H and O–H groups in total. The number of carbonyl (C=O) groups is 4. The molecule has 0 spiro atoms. The third-order valence-electron chi connectivity index (χ3n) is 11.5. The van der Waals surface area contributed by atoms with Crippen LogP contribution >= 0.6 is 0 Å². The maximum atomic E-state index is 14.4. The Labute approximate surface area is 341 Å². The molecule has 16 heteroatoms. The lowest BCUT2D eigenvalue weighted by atomic mass is 9.76. The van der Waals surface area contributed by atoms with E-state index in [0.717, 1.165) is 0 Å². The van der Waals surface area contributed by atoms with Crippen molar-refractivity contribution in [2.45, 2.75) is 142 Å². The lowest BCUT2D eigenvalue weighted by molar-refractivity contribution is -0.296.